The van der Waals surface area contributed by atoms with Gasteiger partial charge in [0.25, 0.3) is 0 Å². The van der Waals surface area contributed by atoms with Crippen molar-refractivity contribution in [3.8, 4) is 5.75 Å². The number of alkyl halides is 3. The van der Waals surface area contributed by atoms with Crippen LogP contribution in [0.3, 0.4) is 0 Å². The third-order valence-corrected chi connectivity index (χ3v) is 6.25. The van der Waals surface area contributed by atoms with E-state index in [1.807, 2.05) is 38.1 Å². The van der Waals surface area contributed by atoms with Gasteiger partial charge in [0.05, 0.1) is 0 Å². The second-order valence-electron chi connectivity index (χ2n) is 10.7. The Balaban J connectivity index is 1.89. The van der Waals surface area contributed by atoms with Crippen molar-refractivity contribution in [1.82, 2.24) is 10.6 Å². The molecule has 0 radical (unpaired) electrons. The van der Waals surface area contributed by atoms with E-state index in [2.05, 4.69) is 15.4 Å². The zero-order valence-electron chi connectivity index (χ0n) is 22.2. The van der Waals surface area contributed by atoms with Crippen LogP contribution >= 0.6 is 0 Å². The summed E-state index contributed by atoms with van der Waals surface area (Å²) in [5.41, 5.74) is 0.971. The summed E-state index contributed by atoms with van der Waals surface area (Å²) in [6.07, 6.45) is -4.32. The number of nitrogens with zero attached hydrogens (tertiary/aromatic N) is 1. The van der Waals surface area contributed by atoms with E-state index < -0.39 is 41.4 Å². The first-order chi connectivity index (χ1) is 17.7. The van der Waals surface area contributed by atoms with Gasteiger partial charge in [-0.2, -0.15) is 0 Å². The lowest BCUT2D eigenvalue weighted by molar-refractivity contribution is -0.274. The molecule has 2 aromatic carbocycles. The Morgan fingerprint density at radius 1 is 1.05 bits per heavy atom. The lowest BCUT2D eigenvalue weighted by atomic mass is 9.94. The molecule has 206 valence electrons. The molecule has 1 aliphatic heterocycles. The van der Waals surface area contributed by atoms with Crippen molar-refractivity contribution >= 4 is 23.4 Å². The number of nitrogens with one attached hydrogen (secondary N) is 2. The maximum atomic E-state index is 13.5. The molecule has 10 heteroatoms. The molecule has 0 aliphatic carbocycles. The highest BCUT2D eigenvalue weighted by atomic mass is 19.4. The van der Waals surface area contributed by atoms with E-state index in [4.69, 9.17) is 0 Å². The molecule has 1 aliphatic rings. The van der Waals surface area contributed by atoms with E-state index in [0.717, 1.165) is 17.3 Å². The molecule has 0 aromatic heterocycles. The van der Waals surface area contributed by atoms with Crippen LogP contribution in [0.25, 0.3) is 0 Å². The zero-order valence-corrected chi connectivity index (χ0v) is 22.2. The third-order valence-electron chi connectivity index (χ3n) is 6.25. The second-order valence-corrected chi connectivity index (χ2v) is 10.7. The van der Waals surface area contributed by atoms with Gasteiger partial charge >= 0.3 is 6.36 Å². The number of benzene rings is 2. The van der Waals surface area contributed by atoms with E-state index in [-0.39, 0.29) is 23.9 Å². The molecule has 3 rings (SSSR count). The molecule has 3 amide bonds. The predicted molar refractivity (Wildman–Crippen MR) is 138 cm³/mol. The number of aryl methyl sites for hydroxylation is 1. The first-order valence-corrected chi connectivity index (χ1v) is 12.5. The number of carbonyl (C=O) groups excluding carboxylic acids is 3. The summed E-state index contributed by atoms with van der Waals surface area (Å²) in [5.74, 6) is -1.89. The van der Waals surface area contributed by atoms with E-state index in [0.29, 0.717) is 12.8 Å². The normalized spacial score (nSPS) is 16.9. The van der Waals surface area contributed by atoms with E-state index in [1.165, 1.54) is 18.2 Å². The smallest absolute Gasteiger partial charge is 0.406 e. The van der Waals surface area contributed by atoms with Crippen molar-refractivity contribution in [2.24, 2.45) is 5.41 Å². The van der Waals surface area contributed by atoms with Crippen LogP contribution in [-0.2, 0) is 27.2 Å². The van der Waals surface area contributed by atoms with Gasteiger partial charge < -0.3 is 20.3 Å². The van der Waals surface area contributed by atoms with Crippen LogP contribution in [0.2, 0.25) is 0 Å². The van der Waals surface area contributed by atoms with Crippen molar-refractivity contribution in [1.29, 1.82) is 0 Å². The molecule has 2 atom stereocenters. The van der Waals surface area contributed by atoms with Gasteiger partial charge in [-0.3, -0.25) is 14.4 Å². The quantitative estimate of drug-likeness (QED) is 0.548. The average molecular weight is 534 g/mol. The predicted octanol–water partition coefficient (Wildman–Crippen LogP) is 4.53. The number of carbonyl (C=O) groups is 3. The number of hydrogen-bond acceptors (Lipinski definition) is 4. The number of halogens is 3. The minimum Gasteiger partial charge on any atom is -0.406 e. The van der Waals surface area contributed by atoms with Crippen molar-refractivity contribution in [3.05, 3.63) is 59.7 Å². The summed E-state index contributed by atoms with van der Waals surface area (Å²) in [7, 11) is 0. The fourth-order valence-electron chi connectivity index (χ4n) is 4.31. The van der Waals surface area contributed by atoms with Crippen LogP contribution in [0.15, 0.2) is 48.5 Å². The number of amides is 3. The number of hydrogen-bond donors (Lipinski definition) is 2. The van der Waals surface area contributed by atoms with Gasteiger partial charge in [-0.05, 0) is 49.9 Å². The summed E-state index contributed by atoms with van der Waals surface area (Å²) in [6, 6.07) is 10.7. The van der Waals surface area contributed by atoms with Crippen LogP contribution in [0.5, 0.6) is 5.75 Å². The second kappa shape index (κ2) is 11.4. The summed E-state index contributed by atoms with van der Waals surface area (Å²) >= 11 is 0. The van der Waals surface area contributed by atoms with Crippen molar-refractivity contribution < 1.29 is 32.3 Å². The maximum absolute atomic E-state index is 13.5. The Labute approximate surface area is 220 Å². The zero-order chi connectivity index (χ0) is 28.3. The summed E-state index contributed by atoms with van der Waals surface area (Å²) in [4.78, 5) is 41.5. The van der Waals surface area contributed by atoms with Crippen LogP contribution in [-0.4, -0.2) is 42.2 Å². The maximum Gasteiger partial charge on any atom is 0.573 e. The topological polar surface area (TPSA) is 87.7 Å². The van der Waals surface area contributed by atoms with E-state index in [1.54, 1.807) is 25.7 Å². The highest BCUT2D eigenvalue weighted by molar-refractivity contribution is 6.01. The summed E-state index contributed by atoms with van der Waals surface area (Å²) in [6.45, 7) is 8.73. The Morgan fingerprint density at radius 2 is 1.68 bits per heavy atom. The van der Waals surface area contributed by atoms with Gasteiger partial charge in [0.15, 0.2) is 0 Å². The largest absolute Gasteiger partial charge is 0.573 e. The van der Waals surface area contributed by atoms with E-state index in [9.17, 15) is 27.6 Å². The number of anilines is 1. The van der Waals surface area contributed by atoms with Crippen LogP contribution < -0.4 is 20.3 Å². The standard InChI is InChI=1S/C28H34F3N3O4/c1-17(2)34-22-12-8-6-10-18(22)14-15-20(25(34)36)32-24(35)21(33-26(37)27(3,4)5)16-19-11-7-9-13-23(19)38-28(29,30)31/h6-13,17,20-21H,14-16H2,1-5H3,(H,32,35)(H,33,37)/t20-,21+/m0/s1. The van der Waals surface area contributed by atoms with Gasteiger partial charge in [0.1, 0.15) is 17.8 Å². The molecular formula is C28H34F3N3O4. The fraction of sp³-hybridized carbons (Fsp3) is 0.464. The van der Waals surface area contributed by atoms with Gasteiger partial charge in [-0.1, -0.05) is 57.2 Å². The average Bonchev–Trinajstić information content (AvgIpc) is 2.94. The first kappa shape index (κ1) is 29.0. The van der Waals surface area contributed by atoms with E-state index >= 15 is 0 Å². The van der Waals surface area contributed by atoms with Gasteiger partial charge in [0, 0.05) is 23.6 Å². The van der Waals surface area contributed by atoms with Crippen molar-refractivity contribution in [3.63, 3.8) is 0 Å². The Hall–Kier alpha value is -3.56. The Kier molecular flexibility index (Phi) is 8.74. The first-order valence-electron chi connectivity index (χ1n) is 12.5. The molecule has 0 spiro atoms. The molecule has 1 heterocycles. The Bertz CT molecular complexity index is 1170. The lowest BCUT2D eigenvalue weighted by Crippen LogP contribution is -2.56. The minimum absolute atomic E-state index is 0.0857. The molecule has 0 saturated heterocycles. The number of ether oxygens (including phenoxy) is 1. The van der Waals surface area contributed by atoms with Crippen LogP contribution in [0.1, 0.15) is 52.2 Å². The monoisotopic (exact) mass is 533 g/mol. The molecule has 0 bridgehead atoms. The van der Waals surface area contributed by atoms with Crippen molar-refractivity contribution in [2.75, 3.05) is 4.90 Å². The molecule has 2 aromatic rings. The number of para-hydroxylation sites is 2. The summed E-state index contributed by atoms with van der Waals surface area (Å²) in [5, 5.41) is 5.42. The molecule has 0 fully saturated rings. The number of fused-ring (bicyclic) bond motifs is 1. The SMILES string of the molecule is CC(C)N1C(=O)[C@@H](NC(=O)[C@@H](Cc2ccccc2OC(F)(F)F)NC(=O)C(C)(C)C)CCc2ccccc21. The lowest BCUT2D eigenvalue weighted by Gasteiger charge is -2.31. The van der Waals surface area contributed by atoms with Gasteiger partial charge in [-0.25, -0.2) is 0 Å². The Morgan fingerprint density at radius 3 is 2.32 bits per heavy atom. The highest BCUT2D eigenvalue weighted by Gasteiger charge is 2.36. The molecule has 2 N–H and O–H groups in total. The van der Waals surface area contributed by atoms with Crippen LogP contribution in [0, 0.1) is 5.41 Å². The molecule has 7 nitrogen and oxygen atoms in total. The third kappa shape index (κ3) is 7.26. The number of rotatable bonds is 7. The molecule has 38 heavy (non-hydrogen) atoms. The minimum atomic E-state index is -4.93. The van der Waals surface area contributed by atoms with Gasteiger partial charge in [-0.15, -0.1) is 13.2 Å². The fourth-order valence-corrected chi connectivity index (χ4v) is 4.31. The summed E-state index contributed by atoms with van der Waals surface area (Å²) < 4.78 is 43.1. The highest BCUT2D eigenvalue weighted by Crippen LogP contribution is 2.30. The van der Waals surface area contributed by atoms with Crippen LogP contribution in [0.4, 0.5) is 18.9 Å². The van der Waals surface area contributed by atoms with Gasteiger partial charge in [0.2, 0.25) is 17.7 Å². The molecule has 0 unspecified atom stereocenters. The van der Waals surface area contributed by atoms with Crippen molar-refractivity contribution in [2.45, 2.75) is 78.4 Å². The molecular weight excluding hydrogens is 499 g/mol. The molecule has 0 saturated carbocycles.